The van der Waals surface area contributed by atoms with Gasteiger partial charge in [0, 0.05) is 18.0 Å². The molecule has 0 amide bonds. The minimum Gasteiger partial charge on any atom is -0.463 e. The standard InChI is InChI=1S/C22H23N3O2/c1-2-4-20(5-3-1)27-21-8-6-18(7-9-21)19-14-24-22(25-15-19)26-16-17-10-12-23-13-11-17/h1-9,14-15,17,23H,10-13,16H2. The topological polar surface area (TPSA) is 56.3 Å². The van der Waals surface area contributed by atoms with E-state index in [1.165, 1.54) is 0 Å². The first-order valence-electron chi connectivity index (χ1n) is 9.36. The van der Waals surface area contributed by atoms with Crippen molar-refractivity contribution in [1.29, 1.82) is 0 Å². The van der Waals surface area contributed by atoms with Crippen molar-refractivity contribution < 1.29 is 9.47 Å². The summed E-state index contributed by atoms with van der Waals surface area (Å²) in [5, 5.41) is 3.36. The molecule has 2 aromatic carbocycles. The second kappa shape index (κ2) is 8.64. The SMILES string of the molecule is c1ccc(Oc2ccc(-c3cnc(OCC4CCNCC4)nc3)cc2)cc1. The molecule has 4 rings (SSSR count). The van der Waals surface area contributed by atoms with Gasteiger partial charge in [0.2, 0.25) is 0 Å². The Morgan fingerprint density at radius 3 is 2.19 bits per heavy atom. The van der Waals surface area contributed by atoms with Gasteiger partial charge in [0.1, 0.15) is 11.5 Å². The van der Waals surface area contributed by atoms with Gasteiger partial charge in [0.15, 0.2) is 0 Å². The van der Waals surface area contributed by atoms with Gasteiger partial charge in [-0.15, -0.1) is 0 Å². The van der Waals surface area contributed by atoms with Crippen molar-refractivity contribution in [2.24, 2.45) is 5.92 Å². The highest BCUT2D eigenvalue weighted by atomic mass is 16.5. The summed E-state index contributed by atoms with van der Waals surface area (Å²) in [6, 6.07) is 18.1. The molecule has 0 radical (unpaired) electrons. The van der Waals surface area contributed by atoms with Gasteiger partial charge < -0.3 is 14.8 Å². The quantitative estimate of drug-likeness (QED) is 0.709. The molecular formula is C22H23N3O2. The lowest BCUT2D eigenvalue weighted by atomic mass is 9.99. The molecule has 0 unspecified atom stereocenters. The molecule has 0 bridgehead atoms. The number of piperidine rings is 1. The van der Waals surface area contributed by atoms with Crippen LogP contribution in [0.3, 0.4) is 0 Å². The van der Waals surface area contributed by atoms with Gasteiger partial charge in [-0.05, 0) is 61.7 Å². The molecule has 0 aliphatic carbocycles. The van der Waals surface area contributed by atoms with Crippen molar-refractivity contribution in [2.75, 3.05) is 19.7 Å². The van der Waals surface area contributed by atoms with Crippen molar-refractivity contribution in [1.82, 2.24) is 15.3 Å². The van der Waals surface area contributed by atoms with Crippen LogP contribution in [0.2, 0.25) is 0 Å². The average molecular weight is 361 g/mol. The average Bonchev–Trinajstić information content (AvgIpc) is 2.75. The van der Waals surface area contributed by atoms with Crippen LogP contribution in [0.15, 0.2) is 67.0 Å². The summed E-state index contributed by atoms with van der Waals surface area (Å²) in [5.74, 6) is 2.21. The van der Waals surface area contributed by atoms with E-state index in [1.54, 1.807) is 12.4 Å². The first-order valence-corrected chi connectivity index (χ1v) is 9.36. The summed E-state index contributed by atoms with van der Waals surface area (Å²) >= 11 is 0. The van der Waals surface area contributed by atoms with Crippen molar-refractivity contribution >= 4 is 0 Å². The zero-order valence-electron chi connectivity index (χ0n) is 15.2. The lowest BCUT2D eigenvalue weighted by Crippen LogP contribution is -2.30. The van der Waals surface area contributed by atoms with Crippen molar-refractivity contribution in [2.45, 2.75) is 12.8 Å². The molecule has 0 atom stereocenters. The molecular weight excluding hydrogens is 338 g/mol. The predicted octanol–water partition coefficient (Wildman–Crippen LogP) is 4.31. The van der Waals surface area contributed by atoms with Crippen LogP contribution in [-0.2, 0) is 0 Å². The number of benzene rings is 2. The lowest BCUT2D eigenvalue weighted by molar-refractivity contribution is 0.202. The van der Waals surface area contributed by atoms with Gasteiger partial charge >= 0.3 is 6.01 Å². The molecule has 1 fully saturated rings. The molecule has 5 nitrogen and oxygen atoms in total. The van der Waals surface area contributed by atoms with Gasteiger partial charge in [-0.25, -0.2) is 9.97 Å². The largest absolute Gasteiger partial charge is 0.463 e. The fraction of sp³-hybridized carbons (Fsp3) is 0.273. The van der Waals surface area contributed by atoms with Gasteiger partial charge in [-0.1, -0.05) is 30.3 Å². The third-order valence-corrected chi connectivity index (χ3v) is 4.70. The van der Waals surface area contributed by atoms with E-state index in [0.717, 1.165) is 48.6 Å². The molecule has 0 spiro atoms. The van der Waals surface area contributed by atoms with Gasteiger partial charge in [-0.3, -0.25) is 0 Å². The molecule has 1 aliphatic heterocycles. The van der Waals surface area contributed by atoms with Crippen LogP contribution in [0.5, 0.6) is 17.5 Å². The molecule has 5 heteroatoms. The Labute approximate surface area is 159 Å². The number of para-hydroxylation sites is 1. The van der Waals surface area contributed by atoms with Crippen LogP contribution in [-0.4, -0.2) is 29.7 Å². The summed E-state index contributed by atoms with van der Waals surface area (Å²) in [5.41, 5.74) is 2.00. The van der Waals surface area contributed by atoms with Crippen molar-refractivity contribution in [3.8, 4) is 28.6 Å². The van der Waals surface area contributed by atoms with Crippen LogP contribution in [0.25, 0.3) is 11.1 Å². The number of hydrogen-bond donors (Lipinski definition) is 1. The zero-order valence-corrected chi connectivity index (χ0v) is 15.2. The van der Waals surface area contributed by atoms with Crippen LogP contribution < -0.4 is 14.8 Å². The van der Waals surface area contributed by atoms with E-state index >= 15 is 0 Å². The summed E-state index contributed by atoms with van der Waals surface area (Å²) in [4.78, 5) is 8.70. The Kier molecular flexibility index (Phi) is 5.60. The van der Waals surface area contributed by atoms with Crippen LogP contribution in [0.1, 0.15) is 12.8 Å². The summed E-state index contributed by atoms with van der Waals surface area (Å²) in [7, 11) is 0. The molecule has 0 saturated carbocycles. The number of ether oxygens (including phenoxy) is 2. The van der Waals surface area contributed by atoms with E-state index in [2.05, 4.69) is 15.3 Å². The zero-order chi connectivity index (χ0) is 18.3. The van der Waals surface area contributed by atoms with E-state index in [0.29, 0.717) is 18.5 Å². The van der Waals surface area contributed by atoms with Crippen LogP contribution >= 0.6 is 0 Å². The molecule has 3 aromatic rings. The fourth-order valence-corrected chi connectivity index (χ4v) is 3.12. The highest BCUT2D eigenvalue weighted by molar-refractivity contribution is 5.62. The van der Waals surface area contributed by atoms with E-state index in [9.17, 15) is 0 Å². The number of hydrogen-bond acceptors (Lipinski definition) is 5. The van der Waals surface area contributed by atoms with E-state index < -0.39 is 0 Å². The molecule has 138 valence electrons. The highest BCUT2D eigenvalue weighted by Crippen LogP contribution is 2.25. The summed E-state index contributed by atoms with van der Waals surface area (Å²) in [6.07, 6.45) is 5.90. The van der Waals surface area contributed by atoms with E-state index in [1.807, 2.05) is 54.6 Å². The molecule has 2 heterocycles. The second-order valence-electron chi connectivity index (χ2n) is 6.70. The van der Waals surface area contributed by atoms with Crippen LogP contribution in [0.4, 0.5) is 0 Å². The number of nitrogens with zero attached hydrogens (tertiary/aromatic N) is 2. The monoisotopic (exact) mass is 361 g/mol. The number of nitrogens with one attached hydrogen (secondary N) is 1. The molecule has 1 aromatic heterocycles. The summed E-state index contributed by atoms with van der Waals surface area (Å²) < 4.78 is 11.6. The molecule has 1 N–H and O–H groups in total. The Bertz CT molecular complexity index is 830. The Morgan fingerprint density at radius 2 is 1.48 bits per heavy atom. The van der Waals surface area contributed by atoms with Crippen molar-refractivity contribution in [3.63, 3.8) is 0 Å². The first-order chi connectivity index (χ1) is 13.4. The van der Waals surface area contributed by atoms with Gasteiger partial charge in [-0.2, -0.15) is 0 Å². The van der Waals surface area contributed by atoms with Crippen molar-refractivity contribution in [3.05, 3.63) is 67.0 Å². The maximum Gasteiger partial charge on any atom is 0.316 e. The maximum absolute atomic E-state index is 5.82. The smallest absolute Gasteiger partial charge is 0.316 e. The van der Waals surface area contributed by atoms with E-state index in [-0.39, 0.29) is 0 Å². The minimum absolute atomic E-state index is 0.446. The Hall–Kier alpha value is -2.92. The Balaban J connectivity index is 1.35. The third-order valence-electron chi connectivity index (χ3n) is 4.70. The van der Waals surface area contributed by atoms with E-state index in [4.69, 9.17) is 9.47 Å². The van der Waals surface area contributed by atoms with Gasteiger partial charge in [0.25, 0.3) is 0 Å². The van der Waals surface area contributed by atoms with Crippen LogP contribution in [0, 0.1) is 5.92 Å². The van der Waals surface area contributed by atoms with Gasteiger partial charge in [0.05, 0.1) is 6.61 Å². The number of rotatable bonds is 6. The first kappa shape index (κ1) is 17.5. The molecule has 27 heavy (non-hydrogen) atoms. The molecule has 1 aliphatic rings. The second-order valence-corrected chi connectivity index (χ2v) is 6.70. The highest BCUT2D eigenvalue weighted by Gasteiger charge is 2.14. The normalized spacial score (nSPS) is 14.7. The summed E-state index contributed by atoms with van der Waals surface area (Å²) in [6.45, 7) is 2.82. The number of aromatic nitrogens is 2. The molecule has 1 saturated heterocycles. The Morgan fingerprint density at radius 1 is 0.815 bits per heavy atom. The minimum atomic E-state index is 0.446. The lowest BCUT2D eigenvalue weighted by Gasteiger charge is -2.21. The third kappa shape index (κ3) is 4.83. The maximum atomic E-state index is 5.82. The predicted molar refractivity (Wildman–Crippen MR) is 105 cm³/mol. The fourth-order valence-electron chi connectivity index (χ4n) is 3.12.